The van der Waals surface area contributed by atoms with Gasteiger partial charge < -0.3 is 15.8 Å². The first kappa shape index (κ1) is 16.5. The van der Waals surface area contributed by atoms with Gasteiger partial charge in [-0.2, -0.15) is 0 Å². The molecule has 0 bridgehead atoms. The molecule has 0 radical (unpaired) electrons. The van der Waals surface area contributed by atoms with Crippen LogP contribution in [0.4, 0.5) is 0 Å². The fourth-order valence-electron chi connectivity index (χ4n) is 1.99. The Hall–Kier alpha value is -2.82. The predicted octanol–water partition coefficient (Wildman–Crippen LogP) is 2.18. The van der Waals surface area contributed by atoms with Crippen molar-refractivity contribution in [3.63, 3.8) is 0 Å². The van der Waals surface area contributed by atoms with Gasteiger partial charge in [-0.1, -0.05) is 29.8 Å². The number of nitrogens with one attached hydrogen (secondary N) is 1. The minimum Gasteiger partial charge on any atom is -0.481 e. The van der Waals surface area contributed by atoms with E-state index in [4.69, 9.17) is 10.5 Å². The molecule has 0 aliphatic carbocycles. The monoisotopic (exact) mass is 312 g/mol. The molecule has 2 aromatic carbocycles. The number of hydrogen-bond donors (Lipinski definition) is 2. The fourth-order valence-corrected chi connectivity index (χ4v) is 1.99. The molecule has 5 heteroatoms. The van der Waals surface area contributed by atoms with Crippen LogP contribution in [-0.4, -0.2) is 17.9 Å². The Kier molecular flexibility index (Phi) is 5.36. The van der Waals surface area contributed by atoms with Crippen LogP contribution in [0.15, 0.2) is 48.5 Å². The summed E-state index contributed by atoms with van der Waals surface area (Å²) in [7, 11) is 0. The minimum absolute atomic E-state index is 0.204. The zero-order valence-corrected chi connectivity index (χ0v) is 13.2. The standard InChI is InChI=1S/C18H20N2O3/c1-12-3-9-16(10-4-12)23-13(2)18(22)20-11-14-5-7-15(8-6-14)17(19)21/h3-10,13H,11H2,1-2H3,(H2,19,21)(H,20,22)/t13-/m1/s1. The van der Waals surface area contributed by atoms with Crippen LogP contribution in [0.25, 0.3) is 0 Å². The van der Waals surface area contributed by atoms with Crippen molar-refractivity contribution < 1.29 is 14.3 Å². The summed E-state index contributed by atoms with van der Waals surface area (Å²) in [6, 6.07) is 14.3. The third-order valence-electron chi connectivity index (χ3n) is 3.41. The van der Waals surface area contributed by atoms with Crippen molar-refractivity contribution in [3.8, 4) is 5.75 Å². The molecule has 0 spiro atoms. The summed E-state index contributed by atoms with van der Waals surface area (Å²) in [4.78, 5) is 23.1. The van der Waals surface area contributed by atoms with E-state index in [9.17, 15) is 9.59 Å². The third-order valence-corrected chi connectivity index (χ3v) is 3.41. The van der Waals surface area contributed by atoms with Crippen molar-refractivity contribution in [2.45, 2.75) is 26.5 Å². The van der Waals surface area contributed by atoms with Crippen LogP contribution in [0.3, 0.4) is 0 Å². The second kappa shape index (κ2) is 7.45. The second-order valence-electron chi connectivity index (χ2n) is 5.35. The SMILES string of the molecule is Cc1ccc(O[C@H](C)C(=O)NCc2ccc(C(N)=O)cc2)cc1. The maximum absolute atomic E-state index is 12.1. The maximum atomic E-state index is 12.1. The first-order chi connectivity index (χ1) is 11.0. The van der Waals surface area contributed by atoms with E-state index in [0.29, 0.717) is 17.9 Å². The molecule has 0 saturated heterocycles. The predicted molar refractivity (Wildman–Crippen MR) is 88.1 cm³/mol. The average molecular weight is 312 g/mol. The van der Waals surface area contributed by atoms with Gasteiger partial charge >= 0.3 is 0 Å². The number of carbonyl (C=O) groups is 2. The Morgan fingerprint density at radius 2 is 1.70 bits per heavy atom. The Balaban J connectivity index is 1.86. The number of rotatable bonds is 6. The topological polar surface area (TPSA) is 81.4 Å². The molecular formula is C18H20N2O3. The molecule has 0 saturated carbocycles. The van der Waals surface area contributed by atoms with Gasteiger partial charge in [-0.25, -0.2) is 0 Å². The van der Waals surface area contributed by atoms with Crippen molar-refractivity contribution >= 4 is 11.8 Å². The molecule has 120 valence electrons. The lowest BCUT2D eigenvalue weighted by molar-refractivity contribution is -0.127. The van der Waals surface area contributed by atoms with Gasteiger partial charge in [-0.15, -0.1) is 0 Å². The zero-order chi connectivity index (χ0) is 16.8. The lowest BCUT2D eigenvalue weighted by Crippen LogP contribution is -2.35. The summed E-state index contributed by atoms with van der Waals surface area (Å²) in [6.45, 7) is 4.05. The van der Waals surface area contributed by atoms with E-state index >= 15 is 0 Å². The zero-order valence-electron chi connectivity index (χ0n) is 13.2. The molecule has 0 aliphatic rings. The lowest BCUT2D eigenvalue weighted by Gasteiger charge is -2.15. The van der Waals surface area contributed by atoms with Gasteiger partial charge in [0.2, 0.25) is 5.91 Å². The van der Waals surface area contributed by atoms with Crippen LogP contribution < -0.4 is 15.8 Å². The molecule has 0 fully saturated rings. The summed E-state index contributed by atoms with van der Waals surface area (Å²) in [5.74, 6) is -0.0191. The van der Waals surface area contributed by atoms with Gasteiger partial charge in [0.1, 0.15) is 5.75 Å². The van der Waals surface area contributed by atoms with Crippen molar-refractivity contribution in [1.82, 2.24) is 5.32 Å². The van der Waals surface area contributed by atoms with Gasteiger partial charge in [0, 0.05) is 12.1 Å². The van der Waals surface area contributed by atoms with Gasteiger partial charge in [0.05, 0.1) is 0 Å². The number of benzene rings is 2. The number of ether oxygens (including phenoxy) is 1. The normalized spacial score (nSPS) is 11.6. The van der Waals surface area contributed by atoms with Crippen molar-refractivity contribution in [3.05, 3.63) is 65.2 Å². The number of primary amides is 1. The lowest BCUT2D eigenvalue weighted by atomic mass is 10.1. The maximum Gasteiger partial charge on any atom is 0.261 e. The smallest absolute Gasteiger partial charge is 0.261 e. The molecule has 2 amide bonds. The van der Waals surface area contributed by atoms with Crippen LogP contribution in [0.2, 0.25) is 0 Å². The van der Waals surface area contributed by atoms with Crippen LogP contribution >= 0.6 is 0 Å². The van der Waals surface area contributed by atoms with Gasteiger partial charge in [-0.3, -0.25) is 9.59 Å². The van der Waals surface area contributed by atoms with E-state index in [1.807, 2.05) is 31.2 Å². The number of hydrogen-bond acceptors (Lipinski definition) is 3. The van der Waals surface area contributed by atoms with E-state index in [2.05, 4.69) is 5.32 Å². The van der Waals surface area contributed by atoms with Gasteiger partial charge in [-0.05, 0) is 43.7 Å². The Morgan fingerprint density at radius 1 is 1.09 bits per heavy atom. The van der Waals surface area contributed by atoms with E-state index in [0.717, 1.165) is 11.1 Å². The van der Waals surface area contributed by atoms with Crippen LogP contribution in [0, 0.1) is 6.92 Å². The first-order valence-corrected chi connectivity index (χ1v) is 7.35. The van der Waals surface area contributed by atoms with Crippen molar-refractivity contribution in [2.75, 3.05) is 0 Å². The van der Waals surface area contributed by atoms with Crippen LogP contribution in [0.5, 0.6) is 5.75 Å². The summed E-state index contributed by atoms with van der Waals surface area (Å²) in [6.07, 6.45) is -0.595. The molecule has 5 nitrogen and oxygen atoms in total. The van der Waals surface area contributed by atoms with Crippen molar-refractivity contribution in [1.29, 1.82) is 0 Å². The van der Waals surface area contributed by atoms with E-state index < -0.39 is 12.0 Å². The third kappa shape index (κ3) is 4.85. The van der Waals surface area contributed by atoms with Gasteiger partial charge in [0.15, 0.2) is 6.10 Å². The van der Waals surface area contributed by atoms with Crippen LogP contribution in [-0.2, 0) is 11.3 Å². The molecule has 1 atom stereocenters. The van der Waals surface area contributed by atoms with E-state index in [-0.39, 0.29) is 5.91 Å². The largest absolute Gasteiger partial charge is 0.481 e. The Labute approximate surface area is 135 Å². The molecule has 0 aliphatic heterocycles. The summed E-state index contributed by atoms with van der Waals surface area (Å²) in [5, 5.41) is 2.80. The molecule has 23 heavy (non-hydrogen) atoms. The van der Waals surface area contributed by atoms with Crippen LogP contribution in [0.1, 0.15) is 28.4 Å². The highest BCUT2D eigenvalue weighted by atomic mass is 16.5. The number of aryl methyl sites for hydroxylation is 1. The first-order valence-electron chi connectivity index (χ1n) is 7.35. The Morgan fingerprint density at radius 3 is 2.26 bits per heavy atom. The van der Waals surface area contributed by atoms with E-state index in [1.165, 1.54) is 0 Å². The fraction of sp³-hybridized carbons (Fsp3) is 0.222. The average Bonchev–Trinajstić information content (AvgIpc) is 2.55. The van der Waals surface area contributed by atoms with Gasteiger partial charge in [0.25, 0.3) is 5.91 Å². The second-order valence-corrected chi connectivity index (χ2v) is 5.35. The number of amides is 2. The molecule has 0 unspecified atom stereocenters. The molecule has 0 heterocycles. The minimum atomic E-state index is -0.595. The quantitative estimate of drug-likeness (QED) is 0.857. The number of nitrogens with two attached hydrogens (primary N) is 1. The van der Waals surface area contributed by atoms with E-state index in [1.54, 1.807) is 31.2 Å². The molecule has 3 N–H and O–H groups in total. The highest BCUT2D eigenvalue weighted by Gasteiger charge is 2.14. The summed E-state index contributed by atoms with van der Waals surface area (Å²) >= 11 is 0. The molecule has 0 aromatic heterocycles. The number of carbonyl (C=O) groups excluding carboxylic acids is 2. The molecular weight excluding hydrogens is 292 g/mol. The highest BCUT2D eigenvalue weighted by Crippen LogP contribution is 2.13. The molecule has 2 rings (SSSR count). The summed E-state index contributed by atoms with van der Waals surface area (Å²) < 4.78 is 5.60. The molecule has 2 aromatic rings. The summed E-state index contributed by atoms with van der Waals surface area (Å²) in [5.41, 5.74) is 7.64. The highest BCUT2D eigenvalue weighted by molar-refractivity contribution is 5.92. The Bertz CT molecular complexity index is 678. The van der Waals surface area contributed by atoms with Crippen molar-refractivity contribution in [2.24, 2.45) is 5.73 Å².